The lowest BCUT2D eigenvalue weighted by atomic mass is 10.1. The summed E-state index contributed by atoms with van der Waals surface area (Å²) in [6.45, 7) is 9.86. The summed E-state index contributed by atoms with van der Waals surface area (Å²) < 4.78 is 5.82. The van der Waals surface area contributed by atoms with E-state index in [1.807, 2.05) is 12.4 Å². The summed E-state index contributed by atoms with van der Waals surface area (Å²) in [6, 6.07) is 10.7. The van der Waals surface area contributed by atoms with E-state index in [2.05, 4.69) is 71.2 Å². The van der Waals surface area contributed by atoms with Gasteiger partial charge < -0.3 is 19.9 Å². The molecular weight excluding hydrogens is 376 g/mol. The number of ether oxygens (including phenoxy) is 1. The lowest BCUT2D eigenvalue weighted by Gasteiger charge is -2.36. The maximum absolute atomic E-state index is 12.6. The highest BCUT2D eigenvalue weighted by Crippen LogP contribution is 2.22. The molecule has 0 saturated carbocycles. The highest BCUT2D eigenvalue weighted by atomic mass is 16.5. The van der Waals surface area contributed by atoms with Gasteiger partial charge in [-0.2, -0.15) is 0 Å². The molecule has 0 aliphatic carbocycles. The standard InChI is InChI=1S/C24H32N4O2/c1-17-10-23(13-25-12-17)27-9-8-21(16-27)26-24(29)11-20-4-6-22(7-5-20)28-14-18(2)30-19(3)15-28/h4-7,10,12-13,18-19,21H,8-9,11,14-16H2,1-3H3,(H,26,29)/t18-,19+,21-/m1/s1. The van der Waals surface area contributed by atoms with Gasteiger partial charge in [-0.15, -0.1) is 0 Å². The summed E-state index contributed by atoms with van der Waals surface area (Å²) in [5.41, 5.74) is 4.53. The summed E-state index contributed by atoms with van der Waals surface area (Å²) >= 11 is 0. The van der Waals surface area contributed by atoms with Crippen LogP contribution in [0.25, 0.3) is 0 Å². The second-order valence-corrected chi connectivity index (χ2v) is 8.73. The first-order valence-corrected chi connectivity index (χ1v) is 10.9. The van der Waals surface area contributed by atoms with Gasteiger partial charge >= 0.3 is 0 Å². The van der Waals surface area contributed by atoms with Gasteiger partial charge in [0.25, 0.3) is 0 Å². The minimum Gasteiger partial charge on any atom is -0.372 e. The number of nitrogens with one attached hydrogen (secondary N) is 1. The molecule has 0 radical (unpaired) electrons. The Kier molecular flexibility index (Phi) is 6.23. The molecule has 1 aromatic carbocycles. The minimum atomic E-state index is 0.0885. The maximum atomic E-state index is 12.6. The molecular formula is C24H32N4O2. The summed E-state index contributed by atoms with van der Waals surface area (Å²) in [4.78, 5) is 21.5. The normalized spacial score (nSPS) is 24.2. The van der Waals surface area contributed by atoms with Crippen molar-refractivity contribution >= 4 is 17.3 Å². The number of benzene rings is 1. The smallest absolute Gasteiger partial charge is 0.224 e. The molecule has 2 saturated heterocycles. The Bertz CT molecular complexity index is 860. The number of nitrogens with zero attached hydrogens (tertiary/aromatic N) is 3. The van der Waals surface area contributed by atoms with Crippen LogP contribution in [0.2, 0.25) is 0 Å². The van der Waals surface area contributed by atoms with Crippen LogP contribution in [0, 0.1) is 6.92 Å². The van der Waals surface area contributed by atoms with E-state index in [4.69, 9.17) is 4.74 Å². The van der Waals surface area contributed by atoms with Gasteiger partial charge in [0.05, 0.1) is 30.5 Å². The number of hydrogen-bond acceptors (Lipinski definition) is 5. The Morgan fingerprint density at radius 2 is 1.80 bits per heavy atom. The van der Waals surface area contributed by atoms with Gasteiger partial charge in [-0.05, 0) is 56.5 Å². The molecule has 1 amide bonds. The molecule has 0 unspecified atom stereocenters. The van der Waals surface area contributed by atoms with Crippen molar-refractivity contribution in [3.05, 3.63) is 53.9 Å². The van der Waals surface area contributed by atoms with Crippen LogP contribution in [0.3, 0.4) is 0 Å². The SMILES string of the molecule is Cc1cncc(N2CC[C@@H](NC(=O)Cc3ccc(N4C[C@@H](C)O[C@@H](C)C4)cc3)C2)c1. The Morgan fingerprint density at radius 3 is 2.50 bits per heavy atom. The molecule has 4 rings (SSSR count). The molecule has 0 spiro atoms. The van der Waals surface area contributed by atoms with Gasteiger partial charge in [-0.3, -0.25) is 9.78 Å². The van der Waals surface area contributed by atoms with Gasteiger partial charge in [-0.1, -0.05) is 12.1 Å². The van der Waals surface area contributed by atoms with E-state index in [0.29, 0.717) is 6.42 Å². The number of rotatable bonds is 5. The summed E-state index contributed by atoms with van der Waals surface area (Å²) in [6.07, 6.45) is 5.62. The van der Waals surface area contributed by atoms with Crippen LogP contribution in [0.5, 0.6) is 0 Å². The molecule has 3 heterocycles. The quantitative estimate of drug-likeness (QED) is 0.824. The second kappa shape index (κ2) is 9.04. The molecule has 30 heavy (non-hydrogen) atoms. The van der Waals surface area contributed by atoms with Crippen LogP contribution in [0.4, 0.5) is 11.4 Å². The number of aryl methyl sites for hydroxylation is 1. The number of amides is 1. The zero-order chi connectivity index (χ0) is 21.1. The first-order valence-electron chi connectivity index (χ1n) is 10.9. The number of morpholine rings is 1. The average Bonchev–Trinajstić information content (AvgIpc) is 3.16. The zero-order valence-electron chi connectivity index (χ0n) is 18.2. The molecule has 2 aliphatic rings. The minimum absolute atomic E-state index is 0.0885. The van der Waals surface area contributed by atoms with Crippen molar-refractivity contribution in [3.63, 3.8) is 0 Å². The van der Waals surface area contributed by atoms with Gasteiger partial charge in [0.1, 0.15) is 0 Å². The highest BCUT2D eigenvalue weighted by molar-refractivity contribution is 5.79. The summed E-state index contributed by atoms with van der Waals surface area (Å²) in [5, 5.41) is 3.20. The topological polar surface area (TPSA) is 57.7 Å². The Balaban J connectivity index is 1.28. The lowest BCUT2D eigenvalue weighted by molar-refractivity contribution is -0.121. The van der Waals surface area contributed by atoms with Crippen molar-refractivity contribution in [2.24, 2.45) is 0 Å². The molecule has 2 aromatic rings. The first kappa shape index (κ1) is 20.7. The van der Waals surface area contributed by atoms with Gasteiger partial charge in [0, 0.05) is 44.1 Å². The van der Waals surface area contributed by atoms with Crippen molar-refractivity contribution in [1.82, 2.24) is 10.3 Å². The van der Waals surface area contributed by atoms with E-state index in [1.54, 1.807) is 0 Å². The van der Waals surface area contributed by atoms with Crippen molar-refractivity contribution in [2.75, 3.05) is 36.0 Å². The van der Waals surface area contributed by atoms with E-state index in [9.17, 15) is 4.79 Å². The monoisotopic (exact) mass is 408 g/mol. The lowest BCUT2D eigenvalue weighted by Crippen LogP contribution is -2.45. The molecule has 1 N–H and O–H groups in total. The fraction of sp³-hybridized carbons (Fsp3) is 0.500. The third kappa shape index (κ3) is 5.11. The fourth-order valence-electron chi connectivity index (χ4n) is 4.50. The van der Waals surface area contributed by atoms with Crippen LogP contribution in [-0.4, -0.2) is 55.3 Å². The predicted molar refractivity (Wildman–Crippen MR) is 120 cm³/mol. The van der Waals surface area contributed by atoms with Crippen molar-refractivity contribution in [1.29, 1.82) is 0 Å². The second-order valence-electron chi connectivity index (χ2n) is 8.73. The molecule has 2 aliphatic heterocycles. The third-order valence-corrected chi connectivity index (χ3v) is 5.86. The Morgan fingerprint density at radius 1 is 1.07 bits per heavy atom. The van der Waals surface area contributed by atoms with Crippen LogP contribution in [-0.2, 0) is 16.0 Å². The Labute approximate surface area is 179 Å². The van der Waals surface area contributed by atoms with Gasteiger partial charge in [0.2, 0.25) is 5.91 Å². The highest BCUT2D eigenvalue weighted by Gasteiger charge is 2.25. The van der Waals surface area contributed by atoms with E-state index in [-0.39, 0.29) is 24.2 Å². The zero-order valence-corrected chi connectivity index (χ0v) is 18.2. The first-order chi connectivity index (χ1) is 14.5. The summed E-state index contributed by atoms with van der Waals surface area (Å²) in [5.74, 6) is 0.0885. The molecule has 6 heteroatoms. The van der Waals surface area contributed by atoms with Crippen LogP contribution in [0.15, 0.2) is 42.7 Å². The molecule has 2 fully saturated rings. The van der Waals surface area contributed by atoms with Crippen molar-refractivity contribution in [3.8, 4) is 0 Å². The number of anilines is 2. The third-order valence-electron chi connectivity index (χ3n) is 5.86. The maximum Gasteiger partial charge on any atom is 0.224 e. The summed E-state index contributed by atoms with van der Waals surface area (Å²) in [7, 11) is 0. The number of pyridine rings is 1. The molecule has 6 nitrogen and oxygen atoms in total. The van der Waals surface area contributed by atoms with E-state index in [0.717, 1.165) is 49.4 Å². The van der Waals surface area contributed by atoms with E-state index < -0.39 is 0 Å². The predicted octanol–water partition coefficient (Wildman–Crippen LogP) is 2.94. The van der Waals surface area contributed by atoms with E-state index >= 15 is 0 Å². The number of hydrogen-bond donors (Lipinski definition) is 1. The molecule has 0 bridgehead atoms. The number of aromatic nitrogens is 1. The van der Waals surface area contributed by atoms with Gasteiger partial charge in [0.15, 0.2) is 0 Å². The molecule has 1 aromatic heterocycles. The van der Waals surface area contributed by atoms with Crippen molar-refractivity contribution < 1.29 is 9.53 Å². The van der Waals surface area contributed by atoms with Crippen LogP contribution >= 0.6 is 0 Å². The average molecular weight is 409 g/mol. The van der Waals surface area contributed by atoms with Crippen LogP contribution < -0.4 is 15.1 Å². The van der Waals surface area contributed by atoms with E-state index in [1.165, 1.54) is 5.69 Å². The van der Waals surface area contributed by atoms with Crippen molar-refractivity contribution in [2.45, 2.75) is 51.9 Å². The van der Waals surface area contributed by atoms with Gasteiger partial charge in [-0.25, -0.2) is 0 Å². The Hall–Kier alpha value is -2.60. The number of carbonyl (C=O) groups is 1. The van der Waals surface area contributed by atoms with Crippen LogP contribution in [0.1, 0.15) is 31.4 Å². The largest absolute Gasteiger partial charge is 0.372 e. The molecule has 160 valence electrons. The number of carbonyl (C=O) groups excluding carboxylic acids is 1. The molecule has 3 atom stereocenters. The fourth-order valence-corrected chi connectivity index (χ4v) is 4.50.